The minimum absolute atomic E-state index is 0.0200. The zero-order valence-corrected chi connectivity index (χ0v) is 6.16. The van der Waals surface area contributed by atoms with E-state index >= 15 is 0 Å². The summed E-state index contributed by atoms with van der Waals surface area (Å²) in [5.41, 5.74) is 0. The molecular formula is C6H12N2O2. The third-order valence-electron chi connectivity index (χ3n) is 1.70. The Balaban J connectivity index is 2.54. The normalized spacial score (nSPS) is 35.7. The predicted octanol–water partition coefficient (Wildman–Crippen LogP) is -1.04. The largest absolute Gasteiger partial charge is 0.361 e. The third-order valence-corrected chi connectivity index (χ3v) is 1.70. The second-order valence-electron chi connectivity index (χ2n) is 2.72. The first kappa shape index (κ1) is 7.50. The van der Waals surface area contributed by atoms with Crippen LogP contribution in [0.3, 0.4) is 0 Å². The summed E-state index contributed by atoms with van der Waals surface area (Å²) in [6.07, 6.45) is -0.802. The molecule has 0 radical (unpaired) electrons. The van der Waals surface area contributed by atoms with Gasteiger partial charge in [-0.2, -0.15) is 0 Å². The van der Waals surface area contributed by atoms with Crippen LogP contribution in [-0.2, 0) is 4.79 Å². The molecule has 1 rings (SSSR count). The number of nitrogens with zero attached hydrogens (tertiary/aromatic N) is 1. The number of hydrogen-bond acceptors (Lipinski definition) is 3. The van der Waals surface area contributed by atoms with E-state index in [0.717, 1.165) is 0 Å². The van der Waals surface area contributed by atoms with Crippen LogP contribution in [0.5, 0.6) is 0 Å². The van der Waals surface area contributed by atoms with Crippen LogP contribution in [0.15, 0.2) is 0 Å². The van der Waals surface area contributed by atoms with E-state index in [9.17, 15) is 4.79 Å². The summed E-state index contributed by atoms with van der Waals surface area (Å²) in [5, 5.41) is 11.5. The van der Waals surface area contributed by atoms with E-state index < -0.39 is 6.35 Å². The first-order chi connectivity index (χ1) is 4.61. The maximum atomic E-state index is 10.9. The lowest BCUT2D eigenvalue weighted by Gasteiger charge is -2.32. The van der Waals surface area contributed by atoms with Crippen LogP contribution in [0.2, 0.25) is 0 Å². The highest BCUT2D eigenvalue weighted by Gasteiger charge is 2.26. The Morgan fingerprint density at radius 2 is 2.40 bits per heavy atom. The molecule has 2 atom stereocenters. The molecule has 0 aromatic carbocycles. The van der Waals surface area contributed by atoms with Crippen molar-refractivity contribution in [2.24, 2.45) is 5.92 Å². The monoisotopic (exact) mass is 144 g/mol. The van der Waals surface area contributed by atoms with Crippen molar-refractivity contribution in [2.75, 3.05) is 13.6 Å². The zero-order chi connectivity index (χ0) is 7.72. The van der Waals surface area contributed by atoms with Crippen LogP contribution in [0.25, 0.3) is 0 Å². The standard InChI is InChI=1S/C6H12N2O2/c1-4-3-8(2)6(10)7-5(4)9/h4,6,10H,3H2,1-2H3,(H,7,9). The Morgan fingerprint density at radius 3 is 2.90 bits per heavy atom. The minimum atomic E-state index is -0.802. The fourth-order valence-electron chi connectivity index (χ4n) is 0.994. The summed E-state index contributed by atoms with van der Waals surface area (Å²) >= 11 is 0. The fourth-order valence-corrected chi connectivity index (χ4v) is 0.994. The predicted molar refractivity (Wildman–Crippen MR) is 35.9 cm³/mol. The summed E-state index contributed by atoms with van der Waals surface area (Å²) in [4.78, 5) is 12.5. The molecule has 0 saturated carbocycles. The van der Waals surface area contributed by atoms with Crippen molar-refractivity contribution in [3.63, 3.8) is 0 Å². The number of hydrogen-bond donors (Lipinski definition) is 2. The van der Waals surface area contributed by atoms with Crippen molar-refractivity contribution in [3.05, 3.63) is 0 Å². The zero-order valence-electron chi connectivity index (χ0n) is 6.16. The fraction of sp³-hybridized carbons (Fsp3) is 0.833. The molecule has 58 valence electrons. The summed E-state index contributed by atoms with van der Waals surface area (Å²) in [5.74, 6) is -0.0981. The Kier molecular flexibility index (Phi) is 1.92. The maximum absolute atomic E-state index is 10.9. The van der Waals surface area contributed by atoms with Gasteiger partial charge in [-0.15, -0.1) is 0 Å². The van der Waals surface area contributed by atoms with Gasteiger partial charge in [0.05, 0.1) is 0 Å². The average molecular weight is 144 g/mol. The van der Waals surface area contributed by atoms with Gasteiger partial charge < -0.3 is 10.4 Å². The van der Waals surface area contributed by atoms with E-state index in [1.807, 2.05) is 6.92 Å². The first-order valence-electron chi connectivity index (χ1n) is 3.30. The molecule has 1 amide bonds. The second kappa shape index (κ2) is 2.56. The minimum Gasteiger partial charge on any atom is -0.361 e. The van der Waals surface area contributed by atoms with Crippen LogP contribution in [0.4, 0.5) is 0 Å². The van der Waals surface area contributed by atoms with Crippen molar-refractivity contribution in [3.8, 4) is 0 Å². The Bertz CT molecular complexity index is 149. The van der Waals surface area contributed by atoms with Gasteiger partial charge >= 0.3 is 0 Å². The molecule has 1 aliphatic heterocycles. The SMILES string of the molecule is CC1CN(C)C(O)NC1=O. The first-order valence-corrected chi connectivity index (χ1v) is 3.30. The molecule has 1 fully saturated rings. The van der Waals surface area contributed by atoms with E-state index in [1.165, 1.54) is 0 Å². The van der Waals surface area contributed by atoms with Crippen LogP contribution in [-0.4, -0.2) is 35.9 Å². The van der Waals surface area contributed by atoms with Crippen molar-refractivity contribution < 1.29 is 9.90 Å². The van der Waals surface area contributed by atoms with E-state index in [2.05, 4.69) is 5.32 Å². The lowest BCUT2D eigenvalue weighted by Crippen LogP contribution is -2.55. The molecular weight excluding hydrogens is 132 g/mol. The van der Waals surface area contributed by atoms with Crippen molar-refractivity contribution in [1.82, 2.24) is 10.2 Å². The van der Waals surface area contributed by atoms with Gasteiger partial charge in [0.25, 0.3) is 0 Å². The molecule has 0 aliphatic carbocycles. The lowest BCUT2D eigenvalue weighted by atomic mass is 10.1. The molecule has 0 aromatic heterocycles. The Morgan fingerprint density at radius 1 is 1.80 bits per heavy atom. The molecule has 0 bridgehead atoms. The second-order valence-corrected chi connectivity index (χ2v) is 2.72. The molecule has 1 heterocycles. The number of amides is 1. The maximum Gasteiger partial charge on any atom is 0.227 e. The quantitative estimate of drug-likeness (QED) is 0.456. The van der Waals surface area contributed by atoms with E-state index in [0.29, 0.717) is 6.54 Å². The highest BCUT2D eigenvalue weighted by atomic mass is 16.3. The topological polar surface area (TPSA) is 52.6 Å². The highest BCUT2D eigenvalue weighted by molar-refractivity contribution is 5.79. The molecule has 10 heavy (non-hydrogen) atoms. The lowest BCUT2D eigenvalue weighted by molar-refractivity contribution is -0.140. The molecule has 2 N–H and O–H groups in total. The van der Waals surface area contributed by atoms with Gasteiger partial charge in [-0.25, -0.2) is 0 Å². The van der Waals surface area contributed by atoms with Gasteiger partial charge in [0, 0.05) is 12.5 Å². The molecule has 4 nitrogen and oxygen atoms in total. The highest BCUT2D eigenvalue weighted by Crippen LogP contribution is 2.05. The molecule has 1 aliphatic rings. The van der Waals surface area contributed by atoms with Crippen LogP contribution < -0.4 is 5.32 Å². The number of carbonyl (C=O) groups is 1. The summed E-state index contributed by atoms with van der Waals surface area (Å²) in [7, 11) is 1.76. The number of aliphatic hydroxyl groups is 1. The number of rotatable bonds is 0. The van der Waals surface area contributed by atoms with Crippen molar-refractivity contribution in [2.45, 2.75) is 13.3 Å². The summed E-state index contributed by atoms with van der Waals surface area (Å²) in [6, 6.07) is 0. The molecule has 2 unspecified atom stereocenters. The summed E-state index contributed by atoms with van der Waals surface area (Å²) < 4.78 is 0. The van der Waals surface area contributed by atoms with Gasteiger partial charge in [-0.3, -0.25) is 9.69 Å². The molecule has 1 saturated heterocycles. The van der Waals surface area contributed by atoms with Crippen LogP contribution in [0, 0.1) is 5.92 Å². The smallest absolute Gasteiger partial charge is 0.227 e. The van der Waals surface area contributed by atoms with Crippen LogP contribution >= 0.6 is 0 Å². The summed E-state index contributed by atoms with van der Waals surface area (Å²) in [6.45, 7) is 2.45. The Hall–Kier alpha value is -0.610. The third kappa shape index (κ3) is 1.27. The van der Waals surface area contributed by atoms with Gasteiger partial charge in [-0.05, 0) is 7.05 Å². The Labute approximate surface area is 59.8 Å². The number of aliphatic hydroxyl groups excluding tert-OH is 1. The molecule has 0 spiro atoms. The molecule has 4 heteroatoms. The van der Waals surface area contributed by atoms with E-state index in [4.69, 9.17) is 5.11 Å². The van der Waals surface area contributed by atoms with Crippen molar-refractivity contribution >= 4 is 5.91 Å². The van der Waals surface area contributed by atoms with Gasteiger partial charge in [0.1, 0.15) is 0 Å². The van der Waals surface area contributed by atoms with Gasteiger partial charge in [0.15, 0.2) is 6.35 Å². The molecule has 0 aromatic rings. The van der Waals surface area contributed by atoms with Gasteiger partial charge in [0.2, 0.25) is 5.91 Å². The van der Waals surface area contributed by atoms with E-state index in [1.54, 1.807) is 11.9 Å². The van der Waals surface area contributed by atoms with Gasteiger partial charge in [-0.1, -0.05) is 6.92 Å². The van der Waals surface area contributed by atoms with Crippen LogP contribution in [0.1, 0.15) is 6.92 Å². The average Bonchev–Trinajstić information content (AvgIpc) is 1.84. The van der Waals surface area contributed by atoms with E-state index in [-0.39, 0.29) is 11.8 Å². The number of carbonyl (C=O) groups excluding carboxylic acids is 1. The van der Waals surface area contributed by atoms with Crippen molar-refractivity contribution in [1.29, 1.82) is 0 Å². The number of nitrogens with one attached hydrogen (secondary N) is 1.